The van der Waals surface area contributed by atoms with Crippen molar-refractivity contribution in [3.63, 3.8) is 0 Å². The minimum absolute atomic E-state index is 0.186. The molecule has 0 heterocycles. The zero-order chi connectivity index (χ0) is 13.4. The Kier molecular flexibility index (Phi) is 7.63. The molecular formula is C13H20Cl2N2O. The van der Waals surface area contributed by atoms with Gasteiger partial charge < -0.3 is 16.2 Å². The third kappa shape index (κ3) is 6.03. The number of aliphatic hydroxyl groups excluding tert-OH is 1. The Labute approximate surface area is 118 Å². The van der Waals surface area contributed by atoms with Crippen LogP contribution in [-0.4, -0.2) is 29.8 Å². The molecular weight excluding hydrogens is 271 g/mol. The van der Waals surface area contributed by atoms with E-state index < -0.39 is 6.10 Å². The molecule has 0 aromatic heterocycles. The lowest BCUT2D eigenvalue weighted by Gasteiger charge is -2.19. The Morgan fingerprint density at radius 2 is 1.89 bits per heavy atom. The van der Waals surface area contributed by atoms with Gasteiger partial charge in [-0.1, -0.05) is 30.3 Å². The number of hydrogen-bond donors (Lipinski definition) is 3. The van der Waals surface area contributed by atoms with Gasteiger partial charge in [-0.15, -0.1) is 0 Å². The van der Waals surface area contributed by atoms with Gasteiger partial charge in [0.1, 0.15) is 0 Å². The van der Waals surface area contributed by atoms with E-state index in [2.05, 4.69) is 27.0 Å². The van der Waals surface area contributed by atoms with Gasteiger partial charge in [-0.05, 0) is 24.8 Å². The average molecular weight is 291 g/mol. The highest BCUT2D eigenvalue weighted by atomic mass is 36.5. The van der Waals surface area contributed by atoms with Crippen LogP contribution in [0.25, 0.3) is 0 Å². The number of halogens is 2. The van der Waals surface area contributed by atoms with Crippen LogP contribution in [0, 0.1) is 0 Å². The van der Waals surface area contributed by atoms with E-state index in [1.165, 1.54) is 18.4 Å². The monoisotopic (exact) mass is 290 g/mol. The van der Waals surface area contributed by atoms with Gasteiger partial charge in [-0.3, -0.25) is 0 Å². The van der Waals surface area contributed by atoms with Crippen LogP contribution in [0.5, 0.6) is 0 Å². The van der Waals surface area contributed by atoms with Crippen LogP contribution >= 0.6 is 21.7 Å². The van der Waals surface area contributed by atoms with Crippen molar-refractivity contribution in [1.29, 1.82) is 0 Å². The zero-order valence-electron chi connectivity index (χ0n) is 10.2. The van der Waals surface area contributed by atoms with Crippen LogP contribution in [0.4, 0.5) is 0 Å². The number of hydrogen-bond acceptors (Lipinski definition) is 3. The molecule has 0 saturated heterocycles. The van der Waals surface area contributed by atoms with E-state index in [-0.39, 0.29) is 6.04 Å². The smallest absolute Gasteiger partial charge is 0.0818 e. The number of benzene rings is 1. The SMILES string of the molecule is ClCl.N[C@@H](Cc1ccccc1)[C@H](O)CNC1CC1. The fraction of sp³-hybridized carbons (Fsp3) is 0.538. The molecule has 0 amide bonds. The van der Waals surface area contributed by atoms with Gasteiger partial charge in [0.2, 0.25) is 0 Å². The summed E-state index contributed by atoms with van der Waals surface area (Å²) < 4.78 is 0. The highest BCUT2D eigenvalue weighted by Crippen LogP contribution is 2.18. The zero-order valence-corrected chi connectivity index (χ0v) is 11.7. The van der Waals surface area contributed by atoms with Crippen molar-refractivity contribution in [1.82, 2.24) is 5.32 Å². The molecule has 1 saturated carbocycles. The van der Waals surface area contributed by atoms with Gasteiger partial charge in [-0.2, -0.15) is 0 Å². The number of rotatable bonds is 6. The fourth-order valence-corrected chi connectivity index (χ4v) is 1.75. The lowest BCUT2D eigenvalue weighted by molar-refractivity contribution is 0.141. The lowest BCUT2D eigenvalue weighted by atomic mass is 10.0. The van der Waals surface area contributed by atoms with Crippen molar-refractivity contribution in [2.45, 2.75) is 37.5 Å². The molecule has 102 valence electrons. The molecule has 0 radical (unpaired) electrons. The lowest BCUT2D eigenvalue weighted by Crippen LogP contribution is -2.43. The second-order valence-electron chi connectivity index (χ2n) is 4.60. The molecule has 1 aromatic carbocycles. The molecule has 0 spiro atoms. The van der Waals surface area contributed by atoms with Crippen LogP contribution in [0.15, 0.2) is 30.3 Å². The van der Waals surface area contributed by atoms with E-state index in [0.717, 1.165) is 6.42 Å². The molecule has 5 heteroatoms. The normalized spacial score (nSPS) is 17.6. The summed E-state index contributed by atoms with van der Waals surface area (Å²) in [6.07, 6.45) is 2.75. The summed E-state index contributed by atoms with van der Waals surface area (Å²) in [5.74, 6) is 0. The summed E-state index contributed by atoms with van der Waals surface area (Å²) in [7, 11) is 8.22. The minimum Gasteiger partial charge on any atom is -0.390 e. The summed E-state index contributed by atoms with van der Waals surface area (Å²) in [4.78, 5) is 0. The topological polar surface area (TPSA) is 58.3 Å². The summed E-state index contributed by atoms with van der Waals surface area (Å²) in [6.45, 7) is 0.610. The van der Waals surface area contributed by atoms with Crippen molar-refractivity contribution < 1.29 is 5.11 Å². The maximum absolute atomic E-state index is 9.87. The molecule has 0 unspecified atom stereocenters. The number of nitrogens with two attached hydrogens (primary N) is 1. The largest absolute Gasteiger partial charge is 0.390 e. The van der Waals surface area contributed by atoms with E-state index in [1.807, 2.05) is 30.3 Å². The van der Waals surface area contributed by atoms with E-state index >= 15 is 0 Å². The predicted octanol–water partition coefficient (Wildman–Crippen LogP) is 2.05. The van der Waals surface area contributed by atoms with E-state index in [4.69, 9.17) is 5.73 Å². The first-order chi connectivity index (χ1) is 8.75. The van der Waals surface area contributed by atoms with Crippen LogP contribution in [-0.2, 0) is 6.42 Å². The second-order valence-corrected chi connectivity index (χ2v) is 4.60. The maximum Gasteiger partial charge on any atom is 0.0818 e. The van der Waals surface area contributed by atoms with Crippen molar-refractivity contribution in [2.24, 2.45) is 5.73 Å². The van der Waals surface area contributed by atoms with E-state index in [1.54, 1.807) is 0 Å². The van der Waals surface area contributed by atoms with Crippen molar-refractivity contribution in [2.75, 3.05) is 6.54 Å². The first-order valence-electron chi connectivity index (χ1n) is 6.11. The quantitative estimate of drug-likeness (QED) is 0.752. The Balaban J connectivity index is 0.000000771. The first-order valence-corrected chi connectivity index (χ1v) is 7.25. The standard InChI is InChI=1S/C13H20N2O.Cl2/c14-12(8-10-4-2-1-3-5-10)13(16)9-15-11-6-7-11;1-2/h1-5,11-13,15-16H,6-9,14H2;/t12-,13+;/m0./s1. The van der Waals surface area contributed by atoms with Gasteiger partial charge in [0.05, 0.1) is 6.10 Å². The van der Waals surface area contributed by atoms with Crippen LogP contribution in [0.1, 0.15) is 18.4 Å². The Hall–Kier alpha value is -0.320. The molecule has 1 aliphatic carbocycles. The molecule has 4 N–H and O–H groups in total. The molecule has 1 fully saturated rings. The summed E-state index contributed by atoms with van der Waals surface area (Å²) in [5.41, 5.74) is 7.15. The molecule has 0 bridgehead atoms. The second kappa shape index (κ2) is 8.73. The van der Waals surface area contributed by atoms with Gasteiger partial charge >= 0.3 is 0 Å². The summed E-state index contributed by atoms with van der Waals surface area (Å²) in [6, 6.07) is 10.5. The number of aliphatic hydroxyl groups is 1. The Bertz CT molecular complexity index is 320. The van der Waals surface area contributed by atoms with E-state index in [9.17, 15) is 5.11 Å². The molecule has 2 atom stereocenters. The molecule has 1 aliphatic rings. The van der Waals surface area contributed by atoms with Gasteiger partial charge in [0.15, 0.2) is 0 Å². The van der Waals surface area contributed by atoms with Gasteiger partial charge in [0.25, 0.3) is 0 Å². The molecule has 0 aliphatic heterocycles. The van der Waals surface area contributed by atoms with Crippen LogP contribution < -0.4 is 11.1 Å². The minimum atomic E-state index is -0.458. The van der Waals surface area contributed by atoms with Crippen LogP contribution in [0.2, 0.25) is 0 Å². The molecule has 2 rings (SSSR count). The Morgan fingerprint density at radius 3 is 2.44 bits per heavy atom. The van der Waals surface area contributed by atoms with Gasteiger partial charge in [0, 0.05) is 40.3 Å². The highest BCUT2D eigenvalue weighted by molar-refractivity contribution is 6.85. The Morgan fingerprint density at radius 1 is 1.28 bits per heavy atom. The van der Waals surface area contributed by atoms with Crippen molar-refractivity contribution >= 4 is 21.7 Å². The fourth-order valence-electron chi connectivity index (χ4n) is 1.75. The van der Waals surface area contributed by atoms with Gasteiger partial charge in [-0.25, -0.2) is 0 Å². The molecule has 1 aromatic rings. The third-order valence-corrected chi connectivity index (χ3v) is 3.00. The summed E-state index contributed by atoms with van der Waals surface area (Å²) >= 11 is 0. The third-order valence-electron chi connectivity index (χ3n) is 3.00. The average Bonchev–Trinajstić information content (AvgIpc) is 3.23. The number of nitrogens with one attached hydrogen (secondary N) is 1. The molecule has 18 heavy (non-hydrogen) atoms. The maximum atomic E-state index is 9.87. The van der Waals surface area contributed by atoms with Crippen molar-refractivity contribution in [3.05, 3.63) is 35.9 Å². The highest BCUT2D eigenvalue weighted by Gasteiger charge is 2.23. The van der Waals surface area contributed by atoms with Crippen LogP contribution in [0.3, 0.4) is 0 Å². The molecule has 3 nitrogen and oxygen atoms in total. The first kappa shape index (κ1) is 15.7. The predicted molar refractivity (Wildman–Crippen MR) is 76.9 cm³/mol. The van der Waals surface area contributed by atoms with Crippen molar-refractivity contribution in [3.8, 4) is 0 Å². The summed E-state index contributed by atoms with van der Waals surface area (Å²) in [5, 5.41) is 13.2. The van der Waals surface area contributed by atoms with E-state index in [0.29, 0.717) is 12.6 Å².